The summed E-state index contributed by atoms with van der Waals surface area (Å²) in [7, 11) is 1.62. The second-order valence-electron chi connectivity index (χ2n) is 8.16. The molecule has 0 amide bonds. The number of nitrogens with one attached hydrogen (secondary N) is 2. The van der Waals surface area contributed by atoms with E-state index in [1.807, 2.05) is 28.9 Å². The number of rotatable bonds is 6. The highest BCUT2D eigenvalue weighted by molar-refractivity contribution is 5.80. The molecule has 1 aromatic carbocycles. The Kier molecular flexibility index (Phi) is 5.22. The summed E-state index contributed by atoms with van der Waals surface area (Å²) in [5, 5.41) is 13.6. The number of ether oxygens (including phenoxy) is 2. The molecule has 2 aliphatic rings. The van der Waals surface area contributed by atoms with Crippen LogP contribution >= 0.6 is 0 Å². The van der Waals surface area contributed by atoms with Crippen LogP contribution in [0.3, 0.4) is 0 Å². The normalized spacial score (nSPS) is 20.8. The number of hydrogen-bond donors (Lipinski definition) is 2. The van der Waals surface area contributed by atoms with Crippen LogP contribution in [-0.4, -0.2) is 58.1 Å². The van der Waals surface area contributed by atoms with E-state index in [0.717, 1.165) is 62.1 Å². The Balaban J connectivity index is 1.58. The van der Waals surface area contributed by atoms with Crippen molar-refractivity contribution in [3.63, 3.8) is 0 Å². The third-order valence-electron chi connectivity index (χ3n) is 6.27. The topological polar surface area (TPSA) is 99.4 Å². The van der Waals surface area contributed by atoms with Crippen molar-refractivity contribution in [2.75, 3.05) is 26.8 Å². The number of fused-ring (bicyclic) bond motifs is 1. The first-order valence-corrected chi connectivity index (χ1v) is 10.7. The number of methoxy groups -OCH3 is 1. The molecule has 0 spiro atoms. The van der Waals surface area contributed by atoms with Gasteiger partial charge in [-0.05, 0) is 46.9 Å². The summed E-state index contributed by atoms with van der Waals surface area (Å²) >= 11 is 0. The molecular formula is C21H27N6O3+. The molecule has 9 nitrogen and oxygen atoms in total. The molecule has 2 fully saturated rings. The van der Waals surface area contributed by atoms with Crippen molar-refractivity contribution in [3.05, 3.63) is 46.0 Å². The first-order valence-electron chi connectivity index (χ1n) is 10.7. The zero-order chi connectivity index (χ0) is 20.5. The second-order valence-corrected chi connectivity index (χ2v) is 8.16. The average molecular weight is 411 g/mol. The van der Waals surface area contributed by atoms with Gasteiger partial charge in [0.25, 0.3) is 5.56 Å². The Bertz CT molecular complexity index is 1080. The predicted molar refractivity (Wildman–Crippen MR) is 110 cm³/mol. The van der Waals surface area contributed by atoms with E-state index in [0.29, 0.717) is 17.9 Å². The molecule has 0 radical (unpaired) electrons. The molecule has 0 unspecified atom stereocenters. The van der Waals surface area contributed by atoms with Gasteiger partial charge in [-0.3, -0.25) is 4.79 Å². The molecule has 30 heavy (non-hydrogen) atoms. The molecule has 2 aliphatic heterocycles. The van der Waals surface area contributed by atoms with Gasteiger partial charge < -0.3 is 19.4 Å². The average Bonchev–Trinajstić information content (AvgIpc) is 3.53. The molecule has 0 bridgehead atoms. The molecule has 9 heteroatoms. The Morgan fingerprint density at radius 3 is 2.93 bits per heavy atom. The predicted octanol–water partition coefficient (Wildman–Crippen LogP) is 0.470. The highest BCUT2D eigenvalue weighted by atomic mass is 16.5. The molecule has 158 valence electrons. The van der Waals surface area contributed by atoms with Gasteiger partial charge in [0.05, 0.1) is 43.9 Å². The van der Waals surface area contributed by atoms with E-state index in [4.69, 9.17) is 9.47 Å². The van der Waals surface area contributed by atoms with Gasteiger partial charge in [-0.15, -0.1) is 5.10 Å². The fourth-order valence-corrected chi connectivity index (χ4v) is 4.73. The third kappa shape index (κ3) is 3.59. The number of benzene rings is 1. The zero-order valence-electron chi connectivity index (χ0n) is 17.1. The van der Waals surface area contributed by atoms with E-state index in [9.17, 15) is 4.79 Å². The number of nitrogens with zero attached hydrogens (tertiary/aromatic N) is 4. The van der Waals surface area contributed by atoms with E-state index < -0.39 is 0 Å². The van der Waals surface area contributed by atoms with Gasteiger partial charge >= 0.3 is 0 Å². The Morgan fingerprint density at radius 1 is 1.30 bits per heavy atom. The second kappa shape index (κ2) is 8.16. The van der Waals surface area contributed by atoms with E-state index in [-0.39, 0.29) is 17.7 Å². The maximum Gasteiger partial charge on any atom is 0.258 e. The lowest BCUT2D eigenvalue weighted by molar-refractivity contribution is -0.914. The van der Waals surface area contributed by atoms with Crippen molar-refractivity contribution in [2.24, 2.45) is 0 Å². The number of pyridine rings is 1. The number of tetrazole rings is 1. The van der Waals surface area contributed by atoms with Crippen molar-refractivity contribution in [1.29, 1.82) is 0 Å². The smallest absolute Gasteiger partial charge is 0.258 e. The van der Waals surface area contributed by atoms with E-state index in [1.54, 1.807) is 7.11 Å². The highest BCUT2D eigenvalue weighted by Gasteiger charge is 2.36. The summed E-state index contributed by atoms with van der Waals surface area (Å²) in [6.45, 7) is 3.40. The van der Waals surface area contributed by atoms with E-state index in [1.165, 1.54) is 4.90 Å². The monoisotopic (exact) mass is 411 g/mol. The van der Waals surface area contributed by atoms with Gasteiger partial charge in [0, 0.05) is 25.5 Å². The molecule has 5 rings (SSSR count). The van der Waals surface area contributed by atoms with Gasteiger partial charge in [-0.25, -0.2) is 4.68 Å². The number of H-pyrrole nitrogens is 1. The molecule has 0 aliphatic carbocycles. The van der Waals surface area contributed by atoms with Crippen molar-refractivity contribution in [1.82, 2.24) is 25.2 Å². The summed E-state index contributed by atoms with van der Waals surface area (Å²) < 4.78 is 12.9. The standard InChI is InChI=1S/C21H26N6O3/c1-29-15-7-6-14-11-17(21(28)22-18(14)12-15)19(26-8-2-3-9-26)20-23-24-25-27(20)13-16-5-4-10-30-16/h6-7,11-12,16,19H,2-5,8-10,13H2,1H3,(H,22,28)/p+1/t16-,19-/m0/s1. The zero-order valence-corrected chi connectivity index (χ0v) is 17.1. The molecule has 3 aromatic rings. The minimum Gasteiger partial charge on any atom is -0.497 e. The number of aromatic amines is 1. The summed E-state index contributed by atoms with van der Waals surface area (Å²) in [5.41, 5.74) is 1.36. The van der Waals surface area contributed by atoms with E-state index >= 15 is 0 Å². The lowest BCUT2D eigenvalue weighted by Gasteiger charge is -2.24. The fraction of sp³-hybridized carbons (Fsp3) is 0.524. The fourth-order valence-electron chi connectivity index (χ4n) is 4.73. The highest BCUT2D eigenvalue weighted by Crippen LogP contribution is 2.23. The first kappa shape index (κ1) is 19.2. The van der Waals surface area contributed by atoms with Crippen LogP contribution in [0.5, 0.6) is 5.75 Å². The molecule has 2 N–H and O–H groups in total. The van der Waals surface area contributed by atoms with Crippen molar-refractivity contribution in [3.8, 4) is 5.75 Å². The van der Waals surface area contributed by atoms with E-state index in [2.05, 4.69) is 20.5 Å². The van der Waals surface area contributed by atoms with Crippen LogP contribution in [0.15, 0.2) is 29.1 Å². The lowest BCUT2D eigenvalue weighted by Crippen LogP contribution is -3.10. The van der Waals surface area contributed by atoms with Crippen molar-refractivity contribution < 1.29 is 14.4 Å². The quantitative estimate of drug-likeness (QED) is 0.612. The number of hydrogen-bond acceptors (Lipinski definition) is 6. The van der Waals surface area contributed by atoms with Crippen LogP contribution in [-0.2, 0) is 11.3 Å². The Hall–Kier alpha value is -2.78. The molecule has 2 atom stereocenters. The van der Waals surface area contributed by atoms with Crippen LogP contribution in [0.25, 0.3) is 10.9 Å². The first-order chi connectivity index (χ1) is 14.7. The molecular weight excluding hydrogens is 384 g/mol. The third-order valence-corrected chi connectivity index (χ3v) is 6.27. The summed E-state index contributed by atoms with van der Waals surface area (Å²) in [5.74, 6) is 1.45. The van der Waals surface area contributed by atoms with Crippen LogP contribution in [0.1, 0.15) is 43.1 Å². The van der Waals surface area contributed by atoms with Crippen molar-refractivity contribution >= 4 is 10.9 Å². The summed E-state index contributed by atoms with van der Waals surface area (Å²) in [6, 6.07) is 7.50. The molecule has 2 aromatic heterocycles. The minimum atomic E-state index is -0.209. The Morgan fingerprint density at radius 2 is 2.17 bits per heavy atom. The van der Waals surface area contributed by atoms with Gasteiger partial charge in [-0.1, -0.05) is 0 Å². The van der Waals surface area contributed by atoms with Crippen LogP contribution in [0.2, 0.25) is 0 Å². The van der Waals surface area contributed by atoms with Gasteiger partial charge in [0.15, 0.2) is 6.04 Å². The lowest BCUT2D eigenvalue weighted by atomic mass is 10.0. The van der Waals surface area contributed by atoms with Crippen LogP contribution in [0, 0.1) is 0 Å². The molecule has 2 saturated heterocycles. The number of aromatic nitrogens is 5. The van der Waals surface area contributed by atoms with Crippen LogP contribution in [0.4, 0.5) is 0 Å². The largest absolute Gasteiger partial charge is 0.497 e. The molecule has 4 heterocycles. The van der Waals surface area contributed by atoms with Crippen molar-refractivity contribution in [2.45, 2.75) is 44.4 Å². The number of likely N-dealkylation sites (tertiary alicyclic amines) is 1. The summed E-state index contributed by atoms with van der Waals surface area (Å²) in [4.78, 5) is 17.5. The maximum absolute atomic E-state index is 13.2. The molecule has 0 saturated carbocycles. The summed E-state index contributed by atoms with van der Waals surface area (Å²) in [6.07, 6.45) is 4.49. The van der Waals surface area contributed by atoms with Crippen LogP contribution < -0.4 is 15.2 Å². The maximum atomic E-state index is 13.2. The Labute approximate surface area is 174 Å². The van der Waals surface area contributed by atoms with Gasteiger partial charge in [-0.2, -0.15) is 0 Å². The minimum absolute atomic E-state index is 0.105. The van der Waals surface area contributed by atoms with Gasteiger partial charge in [0.1, 0.15) is 5.75 Å². The number of quaternary nitrogens is 1. The SMILES string of the molecule is COc1ccc2cc([C@@H](c3nnnn3C[C@@H]3CCCO3)[NH+]3CCCC3)c(=O)[nH]c2c1. The van der Waals surface area contributed by atoms with Gasteiger partial charge in [0.2, 0.25) is 5.82 Å².